The molecule has 0 aliphatic carbocycles. The number of carbonyl (C=O) groups is 1. The topological polar surface area (TPSA) is 57.7 Å². The van der Waals surface area contributed by atoms with Crippen LogP contribution in [0.3, 0.4) is 0 Å². The predicted molar refractivity (Wildman–Crippen MR) is 121 cm³/mol. The van der Waals surface area contributed by atoms with Crippen LogP contribution in [-0.2, 0) is 0 Å². The number of pyridine rings is 1. The number of likely N-dealkylation sites (N-methyl/N-ethyl adjacent to an activating group) is 1. The number of nitrogens with zero attached hydrogens (tertiary/aromatic N) is 3. The van der Waals surface area contributed by atoms with Gasteiger partial charge in [0.2, 0.25) is 0 Å². The standard InChI is InChI=1S/C24H29F3N4O2/c1-30-10-4-5-19(15-30)28-23(32)18-13-21(29-22(14-18)31-11-2-3-12-31)17-6-8-20(9-7-17)33-16-24(25,26)27/h6-9,13-14,19H,2-5,10-12,15-16H2,1H3,(H,28,32)/t19-/m0/s1. The fraction of sp³-hybridized carbons (Fsp3) is 0.500. The molecular formula is C24H29F3N4O2. The molecule has 0 bridgehead atoms. The van der Waals surface area contributed by atoms with Crippen LogP contribution < -0.4 is 15.0 Å². The van der Waals surface area contributed by atoms with E-state index in [1.807, 2.05) is 6.07 Å². The van der Waals surface area contributed by atoms with Crippen molar-refractivity contribution in [2.45, 2.75) is 37.9 Å². The Balaban J connectivity index is 1.56. The van der Waals surface area contributed by atoms with E-state index in [1.165, 1.54) is 12.1 Å². The maximum Gasteiger partial charge on any atom is 0.422 e. The maximum absolute atomic E-state index is 13.1. The lowest BCUT2D eigenvalue weighted by molar-refractivity contribution is -0.153. The summed E-state index contributed by atoms with van der Waals surface area (Å²) in [5, 5.41) is 3.15. The monoisotopic (exact) mass is 462 g/mol. The van der Waals surface area contributed by atoms with E-state index in [9.17, 15) is 18.0 Å². The van der Waals surface area contributed by atoms with Gasteiger partial charge in [0.15, 0.2) is 6.61 Å². The molecule has 9 heteroatoms. The average Bonchev–Trinajstić information content (AvgIpc) is 3.32. The molecule has 1 aromatic carbocycles. The number of anilines is 1. The molecule has 2 saturated heterocycles. The van der Waals surface area contributed by atoms with Crippen LogP contribution in [0.5, 0.6) is 5.75 Å². The van der Waals surface area contributed by atoms with Gasteiger partial charge in [0, 0.05) is 36.8 Å². The van der Waals surface area contributed by atoms with Crippen molar-refractivity contribution in [1.29, 1.82) is 0 Å². The molecule has 0 saturated carbocycles. The average molecular weight is 463 g/mol. The van der Waals surface area contributed by atoms with Crippen molar-refractivity contribution in [2.75, 3.05) is 44.7 Å². The second kappa shape index (κ2) is 9.99. The van der Waals surface area contributed by atoms with E-state index in [4.69, 9.17) is 9.72 Å². The quantitative estimate of drug-likeness (QED) is 0.700. The van der Waals surface area contributed by atoms with E-state index in [0.29, 0.717) is 16.8 Å². The van der Waals surface area contributed by atoms with Gasteiger partial charge in [0.25, 0.3) is 5.91 Å². The molecule has 2 fully saturated rings. The fourth-order valence-corrected chi connectivity index (χ4v) is 4.34. The van der Waals surface area contributed by atoms with Gasteiger partial charge in [-0.3, -0.25) is 4.79 Å². The first kappa shape index (κ1) is 23.4. The molecule has 4 rings (SSSR count). The SMILES string of the molecule is CN1CCC[C@H](NC(=O)c2cc(-c3ccc(OCC(F)(F)F)cc3)nc(N3CCCC3)c2)C1. The Hall–Kier alpha value is -2.81. The smallest absolute Gasteiger partial charge is 0.422 e. The molecule has 1 N–H and O–H groups in total. The number of carbonyl (C=O) groups excluding carboxylic acids is 1. The Morgan fingerprint density at radius 3 is 2.52 bits per heavy atom. The van der Waals surface area contributed by atoms with Crippen molar-refractivity contribution < 1.29 is 22.7 Å². The fourth-order valence-electron chi connectivity index (χ4n) is 4.34. The summed E-state index contributed by atoms with van der Waals surface area (Å²) >= 11 is 0. The first-order valence-electron chi connectivity index (χ1n) is 11.3. The summed E-state index contributed by atoms with van der Waals surface area (Å²) in [6.07, 6.45) is -0.239. The largest absolute Gasteiger partial charge is 0.484 e. The summed E-state index contributed by atoms with van der Waals surface area (Å²) in [7, 11) is 2.05. The molecule has 2 aromatic rings. The number of benzene rings is 1. The van der Waals surface area contributed by atoms with Gasteiger partial charge in [-0.25, -0.2) is 4.98 Å². The van der Waals surface area contributed by atoms with Gasteiger partial charge >= 0.3 is 6.18 Å². The molecule has 0 radical (unpaired) electrons. The van der Waals surface area contributed by atoms with E-state index < -0.39 is 12.8 Å². The molecule has 2 aliphatic rings. The van der Waals surface area contributed by atoms with Crippen LogP contribution in [0.2, 0.25) is 0 Å². The summed E-state index contributed by atoms with van der Waals surface area (Å²) in [4.78, 5) is 22.2. The van der Waals surface area contributed by atoms with Gasteiger partial charge in [0.1, 0.15) is 11.6 Å². The summed E-state index contributed by atoms with van der Waals surface area (Å²) < 4.78 is 42.0. The predicted octanol–water partition coefficient (Wildman–Crippen LogP) is 4.11. The number of nitrogens with one attached hydrogen (secondary N) is 1. The summed E-state index contributed by atoms with van der Waals surface area (Å²) in [6, 6.07) is 9.99. The van der Waals surface area contributed by atoms with E-state index >= 15 is 0 Å². The number of rotatable bonds is 6. The summed E-state index contributed by atoms with van der Waals surface area (Å²) in [5.74, 6) is 0.740. The second-order valence-corrected chi connectivity index (χ2v) is 8.80. The van der Waals surface area contributed by atoms with Gasteiger partial charge in [0.05, 0.1) is 5.69 Å². The first-order valence-corrected chi connectivity index (χ1v) is 11.3. The van der Waals surface area contributed by atoms with Crippen molar-refractivity contribution >= 4 is 11.7 Å². The number of hydrogen-bond acceptors (Lipinski definition) is 5. The number of alkyl halides is 3. The lowest BCUT2D eigenvalue weighted by atomic mass is 10.0. The molecule has 0 spiro atoms. The molecule has 33 heavy (non-hydrogen) atoms. The van der Waals surface area contributed by atoms with Crippen LogP contribution in [-0.4, -0.2) is 67.8 Å². The van der Waals surface area contributed by atoms with E-state index in [2.05, 4.69) is 22.2 Å². The van der Waals surface area contributed by atoms with Gasteiger partial charge in [-0.05, 0) is 75.7 Å². The third-order valence-electron chi connectivity index (χ3n) is 6.02. The molecule has 0 unspecified atom stereocenters. The highest BCUT2D eigenvalue weighted by molar-refractivity contribution is 5.96. The Morgan fingerprint density at radius 1 is 1.12 bits per heavy atom. The minimum Gasteiger partial charge on any atom is -0.484 e. The molecular weight excluding hydrogens is 433 g/mol. The Morgan fingerprint density at radius 2 is 1.85 bits per heavy atom. The minimum absolute atomic E-state index is 0.105. The van der Waals surface area contributed by atoms with Crippen LogP contribution in [0, 0.1) is 0 Å². The van der Waals surface area contributed by atoms with Gasteiger partial charge in [-0.2, -0.15) is 13.2 Å². The zero-order chi connectivity index (χ0) is 23.4. The number of piperidine rings is 1. The van der Waals surface area contributed by atoms with Crippen LogP contribution >= 0.6 is 0 Å². The van der Waals surface area contributed by atoms with Crippen LogP contribution in [0.4, 0.5) is 19.0 Å². The van der Waals surface area contributed by atoms with Gasteiger partial charge < -0.3 is 19.9 Å². The second-order valence-electron chi connectivity index (χ2n) is 8.80. The number of likely N-dealkylation sites (tertiary alicyclic amines) is 1. The van der Waals surface area contributed by atoms with Crippen LogP contribution in [0.25, 0.3) is 11.3 Å². The highest BCUT2D eigenvalue weighted by atomic mass is 19.4. The molecule has 2 aliphatic heterocycles. The van der Waals surface area contributed by atoms with Crippen molar-refractivity contribution in [1.82, 2.24) is 15.2 Å². The lowest BCUT2D eigenvalue weighted by Crippen LogP contribution is -2.46. The summed E-state index contributed by atoms with van der Waals surface area (Å²) in [6.45, 7) is 2.29. The third kappa shape index (κ3) is 6.37. The maximum atomic E-state index is 13.1. The lowest BCUT2D eigenvalue weighted by Gasteiger charge is -2.30. The number of aromatic nitrogens is 1. The number of hydrogen-bond donors (Lipinski definition) is 1. The van der Waals surface area contributed by atoms with Gasteiger partial charge in [-0.1, -0.05) is 0 Å². The molecule has 1 aromatic heterocycles. The van der Waals surface area contributed by atoms with Gasteiger partial charge in [-0.15, -0.1) is 0 Å². The molecule has 178 valence electrons. The Kier molecular flexibility index (Phi) is 7.07. The Labute approximate surface area is 191 Å². The van der Waals surface area contributed by atoms with E-state index in [0.717, 1.165) is 57.7 Å². The molecule has 3 heterocycles. The van der Waals surface area contributed by atoms with E-state index in [1.54, 1.807) is 18.2 Å². The number of ether oxygens (including phenoxy) is 1. The summed E-state index contributed by atoms with van der Waals surface area (Å²) in [5.41, 5.74) is 1.85. The highest BCUT2D eigenvalue weighted by Crippen LogP contribution is 2.28. The zero-order valence-corrected chi connectivity index (χ0v) is 18.7. The molecule has 1 amide bonds. The van der Waals surface area contributed by atoms with E-state index in [-0.39, 0.29) is 17.7 Å². The zero-order valence-electron chi connectivity index (χ0n) is 18.7. The van der Waals surface area contributed by atoms with Crippen LogP contribution in [0.15, 0.2) is 36.4 Å². The molecule has 1 atom stereocenters. The normalized spacial score (nSPS) is 19.5. The minimum atomic E-state index is -4.39. The first-order chi connectivity index (χ1) is 15.8. The number of halogens is 3. The Bertz CT molecular complexity index is 959. The number of amides is 1. The third-order valence-corrected chi connectivity index (χ3v) is 6.02. The van der Waals surface area contributed by atoms with Crippen molar-refractivity contribution in [3.05, 3.63) is 42.0 Å². The van der Waals surface area contributed by atoms with Crippen molar-refractivity contribution in [2.24, 2.45) is 0 Å². The van der Waals surface area contributed by atoms with Crippen molar-refractivity contribution in [3.63, 3.8) is 0 Å². The van der Waals surface area contributed by atoms with Crippen LogP contribution in [0.1, 0.15) is 36.0 Å². The van der Waals surface area contributed by atoms with Crippen molar-refractivity contribution in [3.8, 4) is 17.0 Å². The highest BCUT2D eigenvalue weighted by Gasteiger charge is 2.28. The molecule has 6 nitrogen and oxygen atoms in total.